The Hall–Kier alpha value is -3.73. The van der Waals surface area contributed by atoms with Gasteiger partial charge in [0.15, 0.2) is 17.2 Å². The summed E-state index contributed by atoms with van der Waals surface area (Å²) < 4.78 is 3.03. The van der Waals surface area contributed by atoms with Crippen molar-refractivity contribution in [1.29, 1.82) is 0 Å². The molecule has 33 heavy (non-hydrogen) atoms. The fourth-order valence-corrected chi connectivity index (χ4v) is 4.00. The van der Waals surface area contributed by atoms with Gasteiger partial charge in [-0.25, -0.2) is 4.68 Å². The minimum Gasteiger partial charge on any atom is -0.364 e. The first-order chi connectivity index (χ1) is 15.9. The van der Waals surface area contributed by atoms with Gasteiger partial charge in [-0.15, -0.1) is 10.2 Å². The number of aromatic nitrogens is 7. The third kappa shape index (κ3) is 3.84. The lowest BCUT2D eigenvalue weighted by molar-refractivity contribution is 0.0996. The van der Waals surface area contributed by atoms with Crippen LogP contribution in [0.15, 0.2) is 55.1 Å². The minimum atomic E-state index is -0.720. The van der Waals surface area contributed by atoms with Crippen molar-refractivity contribution in [2.24, 2.45) is 5.73 Å². The highest BCUT2D eigenvalue weighted by molar-refractivity contribution is 6.37. The molecule has 0 radical (unpaired) electrons. The number of carbonyl (C=O) groups is 1. The summed E-state index contributed by atoms with van der Waals surface area (Å²) >= 11 is 18.8. The van der Waals surface area contributed by atoms with Gasteiger partial charge in [-0.2, -0.15) is 5.10 Å². The number of hydrogen-bond donors (Lipinski definition) is 2. The SMILES string of the molecule is NC(=O)c1nn(-c2c(Cl)cccc2Cl)cc1Nc1ccc(-c2nnc3cncc(Cl)n23)nc1. The van der Waals surface area contributed by atoms with Gasteiger partial charge in [0.05, 0.1) is 46.2 Å². The fourth-order valence-electron chi connectivity index (χ4n) is 3.21. The van der Waals surface area contributed by atoms with E-state index in [0.29, 0.717) is 49.4 Å². The molecule has 13 heteroatoms. The molecule has 0 fully saturated rings. The molecule has 10 nitrogen and oxygen atoms in total. The van der Waals surface area contributed by atoms with E-state index in [-0.39, 0.29) is 5.69 Å². The molecular formula is C20H12Cl3N9O. The number of nitrogens with one attached hydrogen (secondary N) is 1. The molecule has 0 spiro atoms. The number of halogens is 3. The molecule has 0 saturated carbocycles. The van der Waals surface area contributed by atoms with E-state index >= 15 is 0 Å². The molecule has 4 heterocycles. The molecule has 164 valence electrons. The quantitative estimate of drug-likeness (QED) is 0.370. The van der Waals surface area contributed by atoms with Crippen molar-refractivity contribution < 1.29 is 4.79 Å². The number of rotatable bonds is 5. The highest BCUT2D eigenvalue weighted by Gasteiger charge is 2.19. The second kappa shape index (κ2) is 8.32. The zero-order valence-corrected chi connectivity index (χ0v) is 18.7. The van der Waals surface area contributed by atoms with E-state index in [1.54, 1.807) is 53.3 Å². The van der Waals surface area contributed by atoms with Gasteiger partial charge in [0.2, 0.25) is 0 Å². The van der Waals surface area contributed by atoms with Crippen LogP contribution in [0.3, 0.4) is 0 Å². The number of amides is 1. The Morgan fingerprint density at radius 1 is 1.00 bits per heavy atom. The van der Waals surface area contributed by atoms with Crippen LogP contribution in [0.2, 0.25) is 15.2 Å². The summed E-state index contributed by atoms with van der Waals surface area (Å²) in [5, 5.41) is 16.6. The first-order valence-electron chi connectivity index (χ1n) is 9.34. The highest BCUT2D eigenvalue weighted by atomic mass is 35.5. The van der Waals surface area contributed by atoms with E-state index < -0.39 is 5.91 Å². The fraction of sp³-hybridized carbons (Fsp3) is 0. The van der Waals surface area contributed by atoms with Gasteiger partial charge in [0.25, 0.3) is 5.91 Å². The van der Waals surface area contributed by atoms with E-state index in [1.165, 1.54) is 10.9 Å². The maximum absolute atomic E-state index is 12.0. The number of primary amides is 1. The van der Waals surface area contributed by atoms with Crippen molar-refractivity contribution in [3.63, 3.8) is 0 Å². The highest BCUT2D eigenvalue weighted by Crippen LogP contribution is 2.30. The van der Waals surface area contributed by atoms with Gasteiger partial charge < -0.3 is 11.1 Å². The standard InChI is InChI=1S/C20H12Cl3N9O/c21-11-2-1-3-12(22)18(11)31-9-14(17(30-31)19(24)33)27-10-4-5-13(26-6-10)20-29-28-16-8-25-7-15(23)32(16)20/h1-9,27H,(H2,24,33). The van der Waals surface area contributed by atoms with E-state index in [0.717, 1.165) is 0 Å². The molecule has 0 aliphatic rings. The minimum absolute atomic E-state index is 0.0118. The van der Waals surface area contributed by atoms with E-state index in [2.05, 4.69) is 30.6 Å². The maximum Gasteiger partial charge on any atom is 0.271 e. The summed E-state index contributed by atoms with van der Waals surface area (Å²) in [7, 11) is 0. The second-order valence-electron chi connectivity index (χ2n) is 6.77. The molecule has 5 rings (SSSR count). The first-order valence-corrected chi connectivity index (χ1v) is 10.5. The lowest BCUT2D eigenvalue weighted by atomic mass is 10.3. The van der Waals surface area contributed by atoms with Crippen molar-refractivity contribution in [2.75, 3.05) is 5.32 Å². The maximum atomic E-state index is 12.0. The number of nitrogens with zero attached hydrogens (tertiary/aromatic N) is 7. The number of anilines is 2. The van der Waals surface area contributed by atoms with Crippen LogP contribution in [0.4, 0.5) is 11.4 Å². The van der Waals surface area contributed by atoms with Crippen LogP contribution in [-0.4, -0.2) is 40.3 Å². The molecule has 0 atom stereocenters. The number of para-hydroxylation sites is 1. The molecule has 5 aromatic rings. The van der Waals surface area contributed by atoms with Crippen LogP contribution in [-0.2, 0) is 0 Å². The molecule has 0 unspecified atom stereocenters. The molecule has 3 N–H and O–H groups in total. The Bertz CT molecular complexity index is 1490. The topological polar surface area (TPSA) is 129 Å². The van der Waals surface area contributed by atoms with Crippen LogP contribution in [0, 0.1) is 0 Å². The van der Waals surface area contributed by atoms with Crippen LogP contribution < -0.4 is 11.1 Å². The average molecular weight is 501 g/mol. The molecule has 0 saturated heterocycles. The predicted octanol–water partition coefficient (Wildman–Crippen LogP) is 4.17. The summed E-state index contributed by atoms with van der Waals surface area (Å²) in [6, 6.07) is 8.53. The van der Waals surface area contributed by atoms with Crippen LogP contribution in [0.5, 0.6) is 0 Å². The zero-order valence-electron chi connectivity index (χ0n) is 16.4. The Balaban J connectivity index is 1.48. The van der Waals surface area contributed by atoms with E-state index in [1.807, 2.05) is 0 Å². The summed E-state index contributed by atoms with van der Waals surface area (Å²) in [5.41, 5.74) is 7.93. The third-order valence-electron chi connectivity index (χ3n) is 4.66. The Labute approximate surface area is 201 Å². The first kappa shape index (κ1) is 21.1. The van der Waals surface area contributed by atoms with Crippen LogP contribution >= 0.6 is 34.8 Å². The summed E-state index contributed by atoms with van der Waals surface area (Å²) in [6.45, 7) is 0. The van der Waals surface area contributed by atoms with Gasteiger partial charge in [0.1, 0.15) is 16.5 Å². The van der Waals surface area contributed by atoms with Crippen molar-refractivity contribution in [2.45, 2.75) is 0 Å². The van der Waals surface area contributed by atoms with Crippen LogP contribution in [0.1, 0.15) is 10.5 Å². The number of pyridine rings is 1. The molecule has 1 amide bonds. The lowest BCUT2D eigenvalue weighted by Crippen LogP contribution is -2.14. The van der Waals surface area contributed by atoms with Gasteiger partial charge in [-0.1, -0.05) is 40.9 Å². The normalized spacial score (nSPS) is 11.1. The van der Waals surface area contributed by atoms with E-state index in [4.69, 9.17) is 40.5 Å². The zero-order chi connectivity index (χ0) is 23.1. The lowest BCUT2D eigenvalue weighted by Gasteiger charge is -2.07. The van der Waals surface area contributed by atoms with E-state index in [9.17, 15) is 4.79 Å². The molecule has 0 aliphatic heterocycles. The van der Waals surface area contributed by atoms with Gasteiger partial charge in [-0.3, -0.25) is 19.2 Å². The third-order valence-corrected chi connectivity index (χ3v) is 5.54. The number of nitrogens with two attached hydrogens (primary N) is 1. The Morgan fingerprint density at radius 3 is 2.48 bits per heavy atom. The van der Waals surface area contributed by atoms with Crippen molar-refractivity contribution in [3.8, 4) is 17.2 Å². The summed E-state index contributed by atoms with van der Waals surface area (Å²) in [5.74, 6) is -0.259. The van der Waals surface area contributed by atoms with Gasteiger partial charge in [-0.05, 0) is 24.3 Å². The predicted molar refractivity (Wildman–Crippen MR) is 124 cm³/mol. The monoisotopic (exact) mass is 499 g/mol. The van der Waals surface area contributed by atoms with Crippen molar-refractivity contribution in [3.05, 3.63) is 76.0 Å². The van der Waals surface area contributed by atoms with Crippen molar-refractivity contribution >= 4 is 57.7 Å². The Kier molecular flexibility index (Phi) is 5.33. The smallest absolute Gasteiger partial charge is 0.271 e. The Morgan fingerprint density at radius 2 is 1.79 bits per heavy atom. The molecular weight excluding hydrogens is 489 g/mol. The molecule has 4 aromatic heterocycles. The van der Waals surface area contributed by atoms with Gasteiger partial charge in [0, 0.05) is 0 Å². The van der Waals surface area contributed by atoms with Crippen molar-refractivity contribution in [1.82, 2.24) is 34.3 Å². The summed E-state index contributed by atoms with van der Waals surface area (Å²) in [6.07, 6.45) is 6.17. The summed E-state index contributed by atoms with van der Waals surface area (Å²) in [4.78, 5) is 20.4. The number of fused-ring (bicyclic) bond motifs is 1. The average Bonchev–Trinajstić information content (AvgIpc) is 3.40. The molecule has 0 aliphatic carbocycles. The molecule has 0 bridgehead atoms. The number of carbonyl (C=O) groups excluding carboxylic acids is 1. The number of benzene rings is 1. The van der Waals surface area contributed by atoms with Crippen LogP contribution in [0.25, 0.3) is 22.9 Å². The number of hydrogen-bond acceptors (Lipinski definition) is 7. The largest absolute Gasteiger partial charge is 0.364 e. The second-order valence-corrected chi connectivity index (χ2v) is 7.98. The molecule has 1 aromatic carbocycles. The van der Waals surface area contributed by atoms with Gasteiger partial charge >= 0.3 is 0 Å².